The first-order valence-electron chi connectivity index (χ1n) is 6.67. The minimum Gasteiger partial charge on any atom is -0.468 e. The van der Waals surface area contributed by atoms with Crippen LogP contribution >= 0.6 is 11.3 Å². The normalized spacial score (nSPS) is 12.1. The van der Waals surface area contributed by atoms with E-state index in [0.717, 1.165) is 15.8 Å². The number of benzene rings is 1. The van der Waals surface area contributed by atoms with Crippen LogP contribution in [0.5, 0.6) is 0 Å². The molecule has 0 aliphatic heterocycles. The van der Waals surface area contributed by atoms with E-state index in [-0.39, 0.29) is 24.3 Å². The van der Waals surface area contributed by atoms with Crippen molar-refractivity contribution in [3.8, 4) is 0 Å². The molecular formula is C15H18N2O3S. The lowest BCUT2D eigenvalue weighted by atomic mass is 10.2. The summed E-state index contributed by atoms with van der Waals surface area (Å²) in [5, 5.41) is 0. The molecular weight excluding hydrogens is 288 g/mol. The second-order valence-corrected chi connectivity index (χ2v) is 6.13. The van der Waals surface area contributed by atoms with Crippen molar-refractivity contribution in [1.82, 2.24) is 4.57 Å². The summed E-state index contributed by atoms with van der Waals surface area (Å²) in [6.07, 6.45) is 0. The van der Waals surface area contributed by atoms with Crippen molar-refractivity contribution >= 4 is 33.4 Å². The number of carbonyl (C=O) groups is 2. The Labute approximate surface area is 126 Å². The van der Waals surface area contributed by atoms with Crippen molar-refractivity contribution in [3.05, 3.63) is 28.6 Å². The van der Waals surface area contributed by atoms with Gasteiger partial charge in [0.1, 0.15) is 6.54 Å². The Bertz CT molecular complexity index is 756. The van der Waals surface area contributed by atoms with Crippen LogP contribution in [-0.4, -0.2) is 23.6 Å². The van der Waals surface area contributed by atoms with Crippen molar-refractivity contribution in [2.45, 2.75) is 27.3 Å². The number of hydrogen-bond acceptors (Lipinski definition) is 4. The smallest absolute Gasteiger partial charge is 0.325 e. The number of aryl methyl sites for hydroxylation is 1. The number of amides is 1. The van der Waals surface area contributed by atoms with E-state index < -0.39 is 0 Å². The van der Waals surface area contributed by atoms with E-state index in [1.165, 1.54) is 18.4 Å². The zero-order valence-electron chi connectivity index (χ0n) is 12.5. The lowest BCUT2D eigenvalue weighted by Gasteiger charge is -2.04. The summed E-state index contributed by atoms with van der Waals surface area (Å²) in [6, 6.07) is 5.92. The van der Waals surface area contributed by atoms with Crippen LogP contribution in [0.2, 0.25) is 0 Å². The van der Waals surface area contributed by atoms with Crippen molar-refractivity contribution < 1.29 is 14.3 Å². The Balaban J connectivity index is 2.64. The molecule has 1 aromatic carbocycles. The van der Waals surface area contributed by atoms with Gasteiger partial charge in [0.25, 0.3) is 5.91 Å². The number of aromatic nitrogens is 1. The van der Waals surface area contributed by atoms with E-state index in [1.54, 1.807) is 18.4 Å². The molecule has 0 atom stereocenters. The van der Waals surface area contributed by atoms with Crippen molar-refractivity contribution in [2.24, 2.45) is 10.9 Å². The molecule has 0 N–H and O–H groups in total. The second-order valence-electron chi connectivity index (χ2n) is 5.12. The van der Waals surface area contributed by atoms with E-state index >= 15 is 0 Å². The number of methoxy groups -OCH3 is 1. The van der Waals surface area contributed by atoms with Crippen LogP contribution in [0.1, 0.15) is 19.4 Å². The van der Waals surface area contributed by atoms with Crippen LogP contribution in [0.15, 0.2) is 23.2 Å². The molecule has 1 heterocycles. The van der Waals surface area contributed by atoms with Gasteiger partial charge in [0.2, 0.25) is 0 Å². The molecule has 0 spiro atoms. The van der Waals surface area contributed by atoms with Crippen LogP contribution in [-0.2, 0) is 20.9 Å². The summed E-state index contributed by atoms with van der Waals surface area (Å²) >= 11 is 1.40. The molecule has 0 radical (unpaired) electrons. The first-order valence-corrected chi connectivity index (χ1v) is 7.49. The van der Waals surface area contributed by atoms with E-state index in [2.05, 4.69) is 4.99 Å². The topological polar surface area (TPSA) is 60.7 Å². The van der Waals surface area contributed by atoms with Crippen molar-refractivity contribution in [1.29, 1.82) is 0 Å². The third-order valence-corrected chi connectivity index (χ3v) is 4.09. The monoisotopic (exact) mass is 306 g/mol. The number of hydrogen-bond donors (Lipinski definition) is 0. The predicted octanol–water partition coefficient (Wildman–Crippen LogP) is 2.27. The summed E-state index contributed by atoms with van der Waals surface area (Å²) in [4.78, 5) is 28.1. The first-order chi connectivity index (χ1) is 9.92. The number of rotatable bonds is 3. The maximum atomic E-state index is 11.9. The second kappa shape index (κ2) is 6.22. The molecule has 112 valence electrons. The number of nitrogens with zero attached hydrogens (tertiary/aromatic N) is 2. The minimum absolute atomic E-state index is 0.0454. The standard InChI is InChI=1S/C15H18N2O3S/c1-9(2)14(19)16-15-17(8-13(18)20-4)11-6-5-10(3)7-12(11)21-15/h5-7,9H,8H2,1-4H3. The minimum atomic E-state index is -0.367. The molecule has 0 aliphatic carbocycles. The zero-order valence-corrected chi connectivity index (χ0v) is 13.4. The van der Waals surface area contributed by atoms with E-state index in [0.29, 0.717) is 4.80 Å². The SMILES string of the molecule is COC(=O)Cn1c(=NC(=O)C(C)C)sc2cc(C)ccc21. The Hall–Kier alpha value is -1.95. The molecule has 0 fully saturated rings. The highest BCUT2D eigenvalue weighted by atomic mass is 32.1. The number of thiazole rings is 1. The summed E-state index contributed by atoms with van der Waals surface area (Å²) < 4.78 is 7.44. The van der Waals surface area contributed by atoms with Crippen LogP contribution < -0.4 is 4.80 Å². The average molecular weight is 306 g/mol. The molecule has 0 aliphatic rings. The van der Waals surface area contributed by atoms with Gasteiger partial charge in [-0.2, -0.15) is 4.99 Å². The predicted molar refractivity (Wildman–Crippen MR) is 82.0 cm³/mol. The molecule has 5 nitrogen and oxygen atoms in total. The quantitative estimate of drug-likeness (QED) is 0.817. The van der Waals surface area contributed by atoms with Gasteiger partial charge >= 0.3 is 5.97 Å². The van der Waals surface area contributed by atoms with Gasteiger partial charge in [-0.1, -0.05) is 31.3 Å². The van der Waals surface area contributed by atoms with Crippen molar-refractivity contribution in [2.75, 3.05) is 7.11 Å². The van der Waals surface area contributed by atoms with Crippen LogP contribution in [0.25, 0.3) is 10.2 Å². The third-order valence-electron chi connectivity index (χ3n) is 3.05. The summed E-state index contributed by atoms with van der Waals surface area (Å²) in [6.45, 7) is 5.64. The van der Waals surface area contributed by atoms with Gasteiger partial charge in [-0.3, -0.25) is 9.59 Å². The average Bonchev–Trinajstić information content (AvgIpc) is 2.75. The highest BCUT2D eigenvalue weighted by molar-refractivity contribution is 7.16. The molecule has 6 heteroatoms. The lowest BCUT2D eigenvalue weighted by Crippen LogP contribution is -2.23. The number of esters is 1. The molecule has 1 aromatic heterocycles. The van der Waals surface area contributed by atoms with Gasteiger partial charge in [0, 0.05) is 5.92 Å². The fourth-order valence-electron chi connectivity index (χ4n) is 1.84. The van der Waals surface area contributed by atoms with Crippen LogP contribution in [0.4, 0.5) is 0 Å². The highest BCUT2D eigenvalue weighted by Gasteiger charge is 2.12. The number of fused-ring (bicyclic) bond motifs is 1. The molecule has 21 heavy (non-hydrogen) atoms. The molecule has 2 aromatic rings. The first kappa shape index (κ1) is 15.4. The highest BCUT2D eigenvalue weighted by Crippen LogP contribution is 2.19. The third kappa shape index (κ3) is 3.39. The number of carbonyl (C=O) groups excluding carboxylic acids is 2. The van der Waals surface area contributed by atoms with E-state index in [1.807, 2.05) is 25.1 Å². The van der Waals surface area contributed by atoms with Crippen LogP contribution in [0.3, 0.4) is 0 Å². The van der Waals surface area contributed by atoms with Gasteiger partial charge in [-0.05, 0) is 24.6 Å². The molecule has 1 amide bonds. The fourth-order valence-corrected chi connectivity index (χ4v) is 2.97. The fraction of sp³-hybridized carbons (Fsp3) is 0.400. The Morgan fingerprint density at radius 2 is 2.10 bits per heavy atom. The van der Waals surface area contributed by atoms with E-state index in [4.69, 9.17) is 4.74 Å². The molecule has 0 bridgehead atoms. The molecule has 0 saturated carbocycles. The van der Waals surface area contributed by atoms with E-state index in [9.17, 15) is 9.59 Å². The maximum Gasteiger partial charge on any atom is 0.325 e. The largest absolute Gasteiger partial charge is 0.468 e. The van der Waals surface area contributed by atoms with Gasteiger partial charge in [-0.25, -0.2) is 0 Å². The van der Waals surface area contributed by atoms with Gasteiger partial charge in [0.05, 0.1) is 17.3 Å². The van der Waals surface area contributed by atoms with Gasteiger partial charge in [-0.15, -0.1) is 0 Å². The van der Waals surface area contributed by atoms with Crippen molar-refractivity contribution in [3.63, 3.8) is 0 Å². The zero-order chi connectivity index (χ0) is 15.6. The Kier molecular flexibility index (Phi) is 4.57. The lowest BCUT2D eigenvalue weighted by molar-refractivity contribution is -0.141. The summed E-state index contributed by atoms with van der Waals surface area (Å²) in [5.41, 5.74) is 2.00. The molecule has 0 unspecified atom stereocenters. The maximum absolute atomic E-state index is 11.9. The Morgan fingerprint density at radius 3 is 2.71 bits per heavy atom. The van der Waals surface area contributed by atoms with Gasteiger partial charge < -0.3 is 9.30 Å². The molecule has 0 saturated heterocycles. The molecule has 2 rings (SSSR count). The summed E-state index contributed by atoms with van der Waals surface area (Å²) in [7, 11) is 1.34. The van der Waals surface area contributed by atoms with Crippen LogP contribution in [0, 0.1) is 12.8 Å². The number of ether oxygens (including phenoxy) is 1. The Morgan fingerprint density at radius 1 is 1.38 bits per heavy atom. The van der Waals surface area contributed by atoms with Gasteiger partial charge in [0.15, 0.2) is 4.80 Å². The summed E-state index contributed by atoms with van der Waals surface area (Å²) in [5.74, 6) is -0.742.